The quantitative estimate of drug-likeness (QED) is 0.869. The first kappa shape index (κ1) is 13.4. The van der Waals surface area contributed by atoms with Gasteiger partial charge in [0.05, 0.1) is 11.1 Å². The number of rotatable bonds is 1. The average Bonchev–Trinajstić information content (AvgIpc) is 2.84. The van der Waals surface area contributed by atoms with Crippen molar-refractivity contribution in [2.24, 2.45) is 5.73 Å². The minimum absolute atomic E-state index is 0.0996. The lowest BCUT2D eigenvalue weighted by Gasteiger charge is -2.21. The molecule has 104 valence electrons. The number of nitrogens with two attached hydrogens (primary N) is 1. The minimum atomic E-state index is 0.0996. The zero-order valence-corrected chi connectivity index (χ0v) is 11.9. The summed E-state index contributed by atoms with van der Waals surface area (Å²) in [6.07, 6.45) is 3.10. The zero-order valence-electron chi connectivity index (χ0n) is 11.9. The molecule has 2 N–H and O–H groups in total. The van der Waals surface area contributed by atoms with Gasteiger partial charge in [-0.05, 0) is 56.0 Å². The van der Waals surface area contributed by atoms with Gasteiger partial charge in [0.2, 0.25) is 0 Å². The van der Waals surface area contributed by atoms with E-state index in [1.54, 1.807) is 12.1 Å². The smallest absolute Gasteiger partial charge is 0.101 e. The largest absolute Gasteiger partial charge is 0.324 e. The lowest BCUT2D eigenvalue weighted by molar-refractivity contribution is 0.560. The maximum atomic E-state index is 9.19. The molecule has 0 saturated carbocycles. The van der Waals surface area contributed by atoms with Crippen molar-refractivity contribution in [3.8, 4) is 17.8 Å². The van der Waals surface area contributed by atoms with Gasteiger partial charge in [-0.1, -0.05) is 0 Å². The lowest BCUT2D eigenvalue weighted by atomic mass is 9.93. The van der Waals surface area contributed by atoms with E-state index in [4.69, 9.17) is 11.0 Å². The Kier molecular flexibility index (Phi) is 3.25. The second-order valence-corrected chi connectivity index (χ2v) is 5.48. The highest BCUT2D eigenvalue weighted by Gasteiger charge is 2.23. The number of aryl methyl sites for hydroxylation is 1. The normalized spacial score (nSPS) is 16.9. The highest BCUT2D eigenvalue weighted by molar-refractivity contribution is 5.53. The number of benzene rings is 1. The van der Waals surface area contributed by atoms with Crippen LogP contribution in [0.15, 0.2) is 24.3 Å². The Bertz CT molecular complexity index is 786. The molecule has 0 aliphatic heterocycles. The van der Waals surface area contributed by atoms with Gasteiger partial charge in [0, 0.05) is 23.1 Å². The van der Waals surface area contributed by atoms with Crippen LogP contribution in [0.25, 0.3) is 5.69 Å². The van der Waals surface area contributed by atoms with Crippen LogP contribution in [0.1, 0.15) is 47.0 Å². The molecule has 0 saturated heterocycles. The number of fused-ring (bicyclic) bond motifs is 1. The van der Waals surface area contributed by atoms with Gasteiger partial charge in [0.1, 0.15) is 12.1 Å². The van der Waals surface area contributed by atoms with E-state index >= 15 is 0 Å². The van der Waals surface area contributed by atoms with Crippen LogP contribution in [0.2, 0.25) is 0 Å². The highest BCUT2D eigenvalue weighted by atomic mass is 15.0. The molecule has 4 heteroatoms. The molecular weight excluding hydrogens is 260 g/mol. The lowest BCUT2D eigenvalue weighted by Crippen LogP contribution is -2.18. The number of hydrogen-bond donors (Lipinski definition) is 1. The Balaban J connectivity index is 2.19. The number of nitrogens with zero attached hydrogens (tertiary/aromatic N) is 3. The van der Waals surface area contributed by atoms with Gasteiger partial charge in [0.25, 0.3) is 0 Å². The Morgan fingerprint density at radius 1 is 1.19 bits per heavy atom. The van der Waals surface area contributed by atoms with Crippen molar-refractivity contribution in [3.05, 3.63) is 52.3 Å². The molecule has 2 aromatic rings. The van der Waals surface area contributed by atoms with Gasteiger partial charge in [-0.3, -0.25) is 0 Å². The predicted molar refractivity (Wildman–Crippen MR) is 79.8 cm³/mol. The van der Waals surface area contributed by atoms with E-state index in [1.807, 2.05) is 6.07 Å². The van der Waals surface area contributed by atoms with Crippen molar-refractivity contribution in [2.45, 2.75) is 32.2 Å². The molecule has 21 heavy (non-hydrogen) atoms. The first-order valence-corrected chi connectivity index (χ1v) is 7.07. The molecule has 4 nitrogen and oxygen atoms in total. The van der Waals surface area contributed by atoms with E-state index in [2.05, 4.69) is 29.7 Å². The van der Waals surface area contributed by atoms with E-state index in [1.165, 1.54) is 11.3 Å². The summed E-state index contributed by atoms with van der Waals surface area (Å²) in [7, 11) is 0. The molecule has 0 spiro atoms. The predicted octanol–water partition coefficient (Wildman–Crippen LogP) is 2.87. The fourth-order valence-electron chi connectivity index (χ4n) is 3.16. The molecule has 0 radical (unpaired) electrons. The average molecular weight is 276 g/mol. The van der Waals surface area contributed by atoms with Gasteiger partial charge >= 0.3 is 0 Å². The summed E-state index contributed by atoms with van der Waals surface area (Å²) in [6, 6.07) is 11.8. The van der Waals surface area contributed by atoms with Crippen LogP contribution < -0.4 is 5.73 Å². The Morgan fingerprint density at radius 2 is 1.95 bits per heavy atom. The summed E-state index contributed by atoms with van der Waals surface area (Å²) in [4.78, 5) is 0. The summed E-state index contributed by atoms with van der Waals surface area (Å²) in [5, 5.41) is 18.2. The topological polar surface area (TPSA) is 78.5 Å². The molecule has 0 amide bonds. The Morgan fingerprint density at radius 3 is 2.67 bits per heavy atom. The fraction of sp³-hybridized carbons (Fsp3) is 0.294. The van der Waals surface area contributed by atoms with Gasteiger partial charge in [-0.15, -0.1) is 0 Å². The van der Waals surface area contributed by atoms with Crippen molar-refractivity contribution in [3.63, 3.8) is 0 Å². The third-order valence-electron chi connectivity index (χ3n) is 4.15. The summed E-state index contributed by atoms with van der Waals surface area (Å²) >= 11 is 0. The summed E-state index contributed by atoms with van der Waals surface area (Å²) in [5.41, 5.74) is 11.5. The van der Waals surface area contributed by atoms with E-state index in [-0.39, 0.29) is 6.04 Å². The Labute approximate surface area is 124 Å². The highest BCUT2D eigenvalue weighted by Crippen LogP contribution is 2.33. The van der Waals surface area contributed by atoms with E-state index in [0.29, 0.717) is 11.1 Å². The first-order valence-electron chi connectivity index (χ1n) is 7.07. The second kappa shape index (κ2) is 5.09. The molecule has 1 unspecified atom stereocenters. The van der Waals surface area contributed by atoms with Crippen molar-refractivity contribution in [1.29, 1.82) is 10.5 Å². The molecule has 1 atom stereocenters. The van der Waals surface area contributed by atoms with Gasteiger partial charge in [0.15, 0.2) is 0 Å². The maximum absolute atomic E-state index is 9.19. The van der Waals surface area contributed by atoms with Crippen molar-refractivity contribution in [2.75, 3.05) is 0 Å². The summed E-state index contributed by atoms with van der Waals surface area (Å²) < 4.78 is 2.16. The van der Waals surface area contributed by atoms with Crippen LogP contribution >= 0.6 is 0 Å². The third kappa shape index (κ3) is 2.11. The zero-order chi connectivity index (χ0) is 15.0. The van der Waals surface area contributed by atoms with E-state index in [0.717, 1.165) is 30.6 Å². The van der Waals surface area contributed by atoms with Crippen molar-refractivity contribution >= 4 is 0 Å². The van der Waals surface area contributed by atoms with Crippen LogP contribution in [0.5, 0.6) is 0 Å². The van der Waals surface area contributed by atoms with Crippen LogP contribution in [0, 0.1) is 29.6 Å². The van der Waals surface area contributed by atoms with E-state index in [9.17, 15) is 5.26 Å². The SMILES string of the molecule is Cc1cc2c(n1-c1ccc(C#N)c(C#N)c1)CCCC2N. The van der Waals surface area contributed by atoms with Crippen molar-refractivity contribution in [1.82, 2.24) is 4.57 Å². The third-order valence-corrected chi connectivity index (χ3v) is 4.15. The fourth-order valence-corrected chi connectivity index (χ4v) is 3.16. The molecule has 1 heterocycles. The second-order valence-electron chi connectivity index (χ2n) is 5.48. The minimum Gasteiger partial charge on any atom is -0.324 e. The molecule has 1 aromatic heterocycles. The molecule has 0 fully saturated rings. The molecule has 1 aliphatic rings. The molecule has 1 aromatic carbocycles. The maximum Gasteiger partial charge on any atom is 0.101 e. The number of hydrogen-bond acceptors (Lipinski definition) is 3. The van der Waals surface area contributed by atoms with Crippen LogP contribution in [-0.2, 0) is 6.42 Å². The van der Waals surface area contributed by atoms with Crippen LogP contribution in [0.4, 0.5) is 0 Å². The molecule has 0 bridgehead atoms. The molecule has 1 aliphatic carbocycles. The number of aromatic nitrogens is 1. The summed E-state index contributed by atoms with van der Waals surface area (Å²) in [5.74, 6) is 0. The number of nitriles is 2. The van der Waals surface area contributed by atoms with Crippen molar-refractivity contribution < 1.29 is 0 Å². The first-order chi connectivity index (χ1) is 10.2. The van der Waals surface area contributed by atoms with Gasteiger partial charge in [-0.2, -0.15) is 10.5 Å². The molecular formula is C17H16N4. The van der Waals surface area contributed by atoms with Gasteiger partial charge < -0.3 is 10.3 Å². The van der Waals surface area contributed by atoms with Crippen LogP contribution in [-0.4, -0.2) is 4.57 Å². The monoisotopic (exact) mass is 276 g/mol. The Hall–Kier alpha value is -2.56. The van der Waals surface area contributed by atoms with Crippen LogP contribution in [0.3, 0.4) is 0 Å². The van der Waals surface area contributed by atoms with E-state index < -0.39 is 0 Å². The standard InChI is InChI=1S/C17H16N4/c1-11-7-15-16(20)3-2-4-17(15)21(11)14-6-5-12(9-18)13(8-14)10-19/h5-8,16H,2-4,20H2,1H3. The summed E-state index contributed by atoms with van der Waals surface area (Å²) in [6.45, 7) is 2.05. The molecule has 3 rings (SSSR count). The van der Waals surface area contributed by atoms with Gasteiger partial charge in [-0.25, -0.2) is 0 Å².